The second-order valence-electron chi connectivity index (χ2n) is 17.7. The first kappa shape index (κ1) is 47.9. The molecule has 0 fully saturated rings. The van der Waals surface area contributed by atoms with Crippen molar-refractivity contribution >= 4 is 65.0 Å². The number of aromatic nitrogens is 1. The van der Waals surface area contributed by atoms with Gasteiger partial charge in [0.15, 0.2) is 51.7 Å². The maximum Gasteiger partial charge on any atom is 0.197 e. The van der Waals surface area contributed by atoms with Crippen molar-refractivity contribution < 1.29 is 37.6 Å². The highest BCUT2D eigenvalue weighted by Crippen LogP contribution is 2.57. The zero-order chi connectivity index (χ0) is 45.7. The van der Waals surface area contributed by atoms with Gasteiger partial charge in [0.2, 0.25) is 0 Å². The van der Waals surface area contributed by atoms with E-state index in [1.165, 1.54) is 0 Å². The second-order valence-corrected chi connectivity index (χ2v) is 17.7. The Kier molecular flexibility index (Phi) is 17.3. The summed E-state index contributed by atoms with van der Waals surface area (Å²) in [5.41, 5.74) is 1.46. The van der Waals surface area contributed by atoms with Crippen LogP contribution < -0.4 is 33.2 Å². The molecule has 0 saturated heterocycles. The molecule has 9 heteroatoms. The summed E-state index contributed by atoms with van der Waals surface area (Å²) in [4.78, 5) is 5.41. The van der Waals surface area contributed by atoms with Gasteiger partial charge in [0.05, 0.1) is 47.3 Å². The zero-order valence-electron chi connectivity index (χ0n) is 40.9. The maximum atomic E-state index is 7.04. The zero-order valence-corrected chi connectivity index (χ0v) is 40.9. The number of hydrogen-bond donors (Lipinski definition) is 0. The summed E-state index contributed by atoms with van der Waals surface area (Å²) in [6, 6.07) is 10.8. The number of rotatable bonds is 30. The van der Waals surface area contributed by atoms with Crippen LogP contribution in [0, 0.1) is 0 Å². The molecular weight excluding hydrogens is 815 g/mol. The van der Waals surface area contributed by atoms with Gasteiger partial charge in [-0.05, 0) is 95.8 Å². The summed E-state index contributed by atoms with van der Waals surface area (Å²) < 4.78 is 53.5. The van der Waals surface area contributed by atoms with Crippen LogP contribution in [-0.2, 0) is 6.42 Å². The van der Waals surface area contributed by atoms with Crippen molar-refractivity contribution in [3.8, 4) is 40.2 Å². The van der Waals surface area contributed by atoms with Crippen LogP contribution in [0.4, 0.5) is 0 Å². The normalized spacial score (nSPS) is 11.9. The van der Waals surface area contributed by atoms with Crippen molar-refractivity contribution in [2.45, 2.75) is 157 Å². The van der Waals surface area contributed by atoms with E-state index >= 15 is 0 Å². The van der Waals surface area contributed by atoms with E-state index in [1.807, 2.05) is 0 Å². The molecule has 1 heterocycles. The van der Waals surface area contributed by atoms with Crippen LogP contribution in [0.15, 0.2) is 34.7 Å². The largest absolute Gasteiger partial charge is 0.493 e. The quantitative estimate of drug-likeness (QED) is 0.0249. The van der Waals surface area contributed by atoms with Crippen LogP contribution in [0.3, 0.4) is 0 Å². The Bertz CT molecular complexity index is 2630. The van der Waals surface area contributed by atoms with Crippen molar-refractivity contribution in [3.63, 3.8) is 0 Å². The van der Waals surface area contributed by atoms with Gasteiger partial charge in [-0.1, -0.05) is 112 Å². The lowest BCUT2D eigenvalue weighted by Crippen LogP contribution is -2.06. The van der Waals surface area contributed by atoms with E-state index in [-0.39, 0.29) is 0 Å². The standard InChI is InChI=1S/C56H75NO8/c1-9-15-21-27-60-44-32-37-38-36-46(62-29-23-17-11-3)54(63-30-24-18-12-4)50-40-33-42(58-7)43(59-8)34-41(40)51-52(48(38)50)49(39(37)35-45(44)61-28-22-16-10-2)53-56(55(51)64-31-25-19-13-5)65-47(57-53)26-20-14-6/h32-36H,9-31H2,1-8H3. The molecule has 0 atom stereocenters. The SMILES string of the molecule is CCCCCOc1cc2c(cc1OCCCCC)c1c3nc(CCCC)oc3c(OCCCCC)c3c4cc(OC)c(OC)cc4c4c(OCCCCC)c(OCCCCC)cc2c4c31. The molecule has 7 aromatic rings. The molecule has 0 N–H and O–H groups in total. The van der Waals surface area contributed by atoms with Gasteiger partial charge in [0, 0.05) is 33.4 Å². The van der Waals surface area contributed by atoms with Gasteiger partial charge >= 0.3 is 0 Å². The maximum absolute atomic E-state index is 7.04. The average Bonchev–Trinajstić information content (AvgIpc) is 3.76. The van der Waals surface area contributed by atoms with Gasteiger partial charge < -0.3 is 37.6 Å². The summed E-state index contributed by atoms with van der Waals surface area (Å²) in [5, 5.41) is 10.0. The molecule has 0 spiro atoms. The Balaban J connectivity index is 1.72. The molecule has 0 bridgehead atoms. The first-order chi connectivity index (χ1) is 32.0. The number of benzene rings is 6. The third-order valence-corrected chi connectivity index (χ3v) is 12.8. The summed E-state index contributed by atoms with van der Waals surface area (Å²) in [6.45, 7) is 16.2. The Morgan fingerprint density at radius 3 is 1.29 bits per heavy atom. The van der Waals surface area contributed by atoms with Gasteiger partial charge in [-0.15, -0.1) is 0 Å². The first-order valence-electron chi connectivity index (χ1n) is 25.3. The van der Waals surface area contributed by atoms with Crippen LogP contribution >= 0.6 is 0 Å². The van der Waals surface area contributed by atoms with Crippen molar-refractivity contribution in [2.24, 2.45) is 0 Å². The topological polar surface area (TPSA) is 90.6 Å². The second kappa shape index (κ2) is 23.4. The molecule has 0 saturated carbocycles. The summed E-state index contributed by atoms with van der Waals surface area (Å²) in [7, 11) is 3.39. The molecular formula is C56H75NO8. The van der Waals surface area contributed by atoms with E-state index in [2.05, 4.69) is 71.9 Å². The Morgan fingerprint density at radius 1 is 0.385 bits per heavy atom. The minimum absolute atomic E-state index is 0.545. The van der Waals surface area contributed by atoms with Gasteiger partial charge in [-0.3, -0.25) is 0 Å². The highest BCUT2D eigenvalue weighted by Gasteiger charge is 2.31. The molecule has 6 aromatic carbocycles. The molecule has 0 aliphatic rings. The molecule has 0 unspecified atom stereocenters. The lowest BCUT2D eigenvalue weighted by Gasteiger charge is -2.25. The highest BCUT2D eigenvalue weighted by atomic mass is 16.5. The van der Waals surface area contributed by atoms with E-state index in [0.717, 1.165) is 198 Å². The number of nitrogens with zero attached hydrogens (tertiary/aromatic N) is 1. The molecule has 65 heavy (non-hydrogen) atoms. The molecule has 0 aliphatic heterocycles. The number of methoxy groups -OCH3 is 2. The Hall–Kier alpha value is -5.05. The fourth-order valence-electron chi connectivity index (χ4n) is 9.28. The van der Waals surface area contributed by atoms with Crippen molar-refractivity contribution in [3.05, 3.63) is 36.2 Å². The minimum atomic E-state index is 0.545. The highest BCUT2D eigenvalue weighted by molar-refractivity contribution is 6.45. The predicted molar refractivity (Wildman–Crippen MR) is 270 cm³/mol. The van der Waals surface area contributed by atoms with Crippen LogP contribution in [-0.4, -0.2) is 52.2 Å². The number of unbranched alkanes of at least 4 members (excludes halogenated alkanes) is 11. The molecule has 7 rings (SSSR count). The number of oxazole rings is 1. The molecule has 0 radical (unpaired) electrons. The van der Waals surface area contributed by atoms with E-state index in [1.54, 1.807) is 14.2 Å². The van der Waals surface area contributed by atoms with Gasteiger partial charge in [-0.2, -0.15) is 0 Å². The summed E-state index contributed by atoms with van der Waals surface area (Å²) >= 11 is 0. The lowest BCUT2D eigenvalue weighted by atomic mass is 9.84. The molecule has 1 aromatic heterocycles. The van der Waals surface area contributed by atoms with E-state index < -0.39 is 0 Å². The molecule has 352 valence electrons. The third kappa shape index (κ3) is 10.2. The number of aryl methyl sites for hydroxylation is 1. The Labute approximate surface area is 387 Å². The predicted octanol–water partition coefficient (Wildman–Crippen LogP) is 16.2. The van der Waals surface area contributed by atoms with Crippen LogP contribution in [0.1, 0.15) is 157 Å². The van der Waals surface area contributed by atoms with Crippen molar-refractivity contribution in [1.82, 2.24) is 4.98 Å². The smallest absolute Gasteiger partial charge is 0.197 e. The third-order valence-electron chi connectivity index (χ3n) is 12.8. The fraction of sp³-hybridized carbons (Fsp3) is 0.554. The molecule has 0 amide bonds. The summed E-state index contributed by atoms with van der Waals surface area (Å²) in [6.07, 6.45) is 18.4. The number of fused-ring (bicyclic) bond motifs is 8. The van der Waals surface area contributed by atoms with Crippen molar-refractivity contribution in [2.75, 3.05) is 47.3 Å². The number of ether oxygens (including phenoxy) is 7. The number of hydrogen-bond acceptors (Lipinski definition) is 9. The van der Waals surface area contributed by atoms with E-state index in [4.69, 9.17) is 42.6 Å². The van der Waals surface area contributed by atoms with Gasteiger partial charge in [-0.25, -0.2) is 4.98 Å². The van der Waals surface area contributed by atoms with E-state index in [0.29, 0.717) is 61.8 Å². The fourth-order valence-corrected chi connectivity index (χ4v) is 9.28. The van der Waals surface area contributed by atoms with Gasteiger partial charge in [0.25, 0.3) is 0 Å². The van der Waals surface area contributed by atoms with Crippen molar-refractivity contribution in [1.29, 1.82) is 0 Å². The molecule has 0 aliphatic carbocycles. The lowest BCUT2D eigenvalue weighted by molar-refractivity contribution is 0.260. The summed E-state index contributed by atoms with van der Waals surface area (Å²) in [5.74, 6) is 5.64. The van der Waals surface area contributed by atoms with Crippen LogP contribution in [0.5, 0.6) is 40.2 Å². The van der Waals surface area contributed by atoms with Gasteiger partial charge in [0.1, 0.15) is 5.52 Å². The minimum Gasteiger partial charge on any atom is -0.493 e. The average molecular weight is 890 g/mol. The first-order valence-corrected chi connectivity index (χ1v) is 25.3. The Morgan fingerprint density at radius 2 is 0.785 bits per heavy atom. The van der Waals surface area contributed by atoms with Crippen LogP contribution in [0.25, 0.3) is 65.0 Å². The van der Waals surface area contributed by atoms with Crippen LogP contribution in [0.2, 0.25) is 0 Å². The monoisotopic (exact) mass is 890 g/mol. The molecule has 9 nitrogen and oxygen atoms in total. The van der Waals surface area contributed by atoms with E-state index in [9.17, 15) is 0 Å².